The van der Waals surface area contributed by atoms with Gasteiger partial charge in [0, 0.05) is 0 Å². The van der Waals surface area contributed by atoms with Crippen LogP contribution in [0, 0.1) is 0 Å². The highest BCUT2D eigenvalue weighted by Crippen LogP contribution is 2.21. The van der Waals surface area contributed by atoms with E-state index in [2.05, 4.69) is 35.0 Å². The molecular weight excluding hydrogens is 422 g/mol. The number of unbranched alkanes of at least 4 members (excludes halogenated alkanes) is 21. The van der Waals surface area contributed by atoms with Crippen LogP contribution in [0.25, 0.3) is 0 Å². The lowest BCUT2D eigenvalue weighted by Crippen LogP contribution is -3.00. The predicted octanol–water partition coefficient (Wildman–Crippen LogP) is 7.86. The number of halogens is 1. The molecule has 1 atom stereocenters. The van der Waals surface area contributed by atoms with Gasteiger partial charge in [0.2, 0.25) is 0 Å². The first-order chi connectivity index (χ1) is 15.5. The Kier molecular flexibility index (Phi) is 28.8. The summed E-state index contributed by atoms with van der Waals surface area (Å²) in [7, 11) is 7.25. The molecule has 0 radical (unpaired) electrons. The molecule has 2 heteroatoms. The minimum Gasteiger partial charge on any atom is -1.00 e. The molecule has 202 valence electrons. The molecule has 1 nitrogen and oxygen atoms in total. The average molecular weight is 488 g/mol. The van der Waals surface area contributed by atoms with Crippen LogP contribution in [-0.4, -0.2) is 31.7 Å². The van der Waals surface area contributed by atoms with Gasteiger partial charge in [-0.25, -0.2) is 0 Å². The molecule has 0 N–H and O–H groups in total. The lowest BCUT2D eigenvalue weighted by Gasteiger charge is -2.34. The van der Waals surface area contributed by atoms with Gasteiger partial charge < -0.3 is 16.9 Å². The van der Waals surface area contributed by atoms with Crippen molar-refractivity contribution in [2.24, 2.45) is 0 Å². The fourth-order valence-electron chi connectivity index (χ4n) is 5.18. The lowest BCUT2D eigenvalue weighted by atomic mass is 9.98. The number of quaternary nitrogens is 1. The van der Waals surface area contributed by atoms with Crippen molar-refractivity contribution in [3.05, 3.63) is 0 Å². The molecule has 0 aliphatic carbocycles. The van der Waals surface area contributed by atoms with E-state index in [0.29, 0.717) is 0 Å². The van der Waals surface area contributed by atoms with E-state index in [0.717, 1.165) is 10.5 Å². The van der Waals surface area contributed by atoms with Crippen molar-refractivity contribution in [3.8, 4) is 0 Å². The van der Waals surface area contributed by atoms with Gasteiger partial charge in [-0.2, -0.15) is 0 Å². The molecule has 0 aliphatic heterocycles. The highest BCUT2D eigenvalue weighted by atomic mass is 35.5. The van der Waals surface area contributed by atoms with Gasteiger partial charge in [-0.15, -0.1) is 0 Å². The summed E-state index contributed by atoms with van der Waals surface area (Å²) in [5, 5.41) is 0. The maximum absolute atomic E-state index is 2.42. The van der Waals surface area contributed by atoms with E-state index in [9.17, 15) is 0 Å². The van der Waals surface area contributed by atoms with Gasteiger partial charge in [-0.3, -0.25) is 0 Å². The van der Waals surface area contributed by atoms with Crippen molar-refractivity contribution in [1.29, 1.82) is 0 Å². The fourth-order valence-corrected chi connectivity index (χ4v) is 5.18. The second-order valence-electron chi connectivity index (χ2n) is 11.8. The quantitative estimate of drug-likeness (QED) is 0.0859. The van der Waals surface area contributed by atoms with Crippen molar-refractivity contribution in [3.63, 3.8) is 0 Å². The van der Waals surface area contributed by atoms with Gasteiger partial charge in [-0.05, 0) is 25.7 Å². The summed E-state index contributed by atoms with van der Waals surface area (Å²) >= 11 is 0. The van der Waals surface area contributed by atoms with E-state index in [1.54, 1.807) is 0 Å². The van der Waals surface area contributed by atoms with Crippen LogP contribution in [-0.2, 0) is 0 Å². The van der Waals surface area contributed by atoms with Crippen molar-refractivity contribution in [2.45, 2.75) is 180 Å². The van der Waals surface area contributed by atoms with E-state index in [-0.39, 0.29) is 12.4 Å². The largest absolute Gasteiger partial charge is 1.00 e. The van der Waals surface area contributed by atoms with Gasteiger partial charge in [0.15, 0.2) is 0 Å². The Bertz CT molecular complexity index is 349. The third-order valence-corrected chi connectivity index (χ3v) is 7.63. The van der Waals surface area contributed by atoms with Crippen molar-refractivity contribution in [1.82, 2.24) is 0 Å². The first-order valence-corrected chi connectivity index (χ1v) is 15.3. The molecule has 0 amide bonds. The molecule has 0 fully saturated rings. The van der Waals surface area contributed by atoms with E-state index >= 15 is 0 Å². The molecule has 0 heterocycles. The number of nitrogens with zero attached hydrogens (tertiary/aromatic N) is 1. The van der Waals surface area contributed by atoms with Crippen molar-refractivity contribution in [2.75, 3.05) is 21.1 Å². The summed E-state index contributed by atoms with van der Waals surface area (Å²) < 4.78 is 1.16. The summed E-state index contributed by atoms with van der Waals surface area (Å²) in [6.45, 7) is 4.62. The Labute approximate surface area is 218 Å². The van der Waals surface area contributed by atoms with E-state index in [4.69, 9.17) is 0 Å². The predicted molar refractivity (Wildman–Crippen MR) is 149 cm³/mol. The molecule has 0 spiro atoms. The van der Waals surface area contributed by atoms with Crippen LogP contribution < -0.4 is 12.4 Å². The van der Waals surface area contributed by atoms with Crippen LogP contribution >= 0.6 is 0 Å². The molecule has 0 rings (SSSR count). The summed E-state index contributed by atoms with van der Waals surface area (Å²) in [6, 6.07) is 0.872. The highest BCUT2D eigenvalue weighted by molar-refractivity contribution is 4.60. The summed E-state index contributed by atoms with van der Waals surface area (Å²) in [6.07, 6.45) is 36.4. The molecule has 0 aromatic heterocycles. The Hall–Kier alpha value is 0.250. The Morgan fingerprint density at radius 3 is 0.788 bits per heavy atom. The first-order valence-electron chi connectivity index (χ1n) is 15.3. The molecule has 0 saturated heterocycles. The monoisotopic (exact) mass is 487 g/mol. The smallest absolute Gasteiger partial charge is 0.0884 e. The van der Waals surface area contributed by atoms with Gasteiger partial charge in [-0.1, -0.05) is 149 Å². The topological polar surface area (TPSA) is 0 Å². The third kappa shape index (κ3) is 26.7. The van der Waals surface area contributed by atoms with E-state index < -0.39 is 0 Å². The van der Waals surface area contributed by atoms with Crippen LogP contribution in [0.1, 0.15) is 174 Å². The molecular formula is C31H66ClN. The fraction of sp³-hybridized carbons (Fsp3) is 1.00. The third-order valence-electron chi connectivity index (χ3n) is 7.63. The van der Waals surface area contributed by atoms with Gasteiger partial charge in [0.05, 0.1) is 27.2 Å². The van der Waals surface area contributed by atoms with Gasteiger partial charge >= 0.3 is 0 Å². The average Bonchev–Trinajstić information content (AvgIpc) is 2.75. The van der Waals surface area contributed by atoms with Crippen LogP contribution in [0.3, 0.4) is 0 Å². The minimum absolute atomic E-state index is 0. The van der Waals surface area contributed by atoms with Crippen molar-refractivity contribution < 1.29 is 16.9 Å². The second kappa shape index (κ2) is 26.8. The molecule has 33 heavy (non-hydrogen) atoms. The van der Waals surface area contributed by atoms with Crippen LogP contribution in [0.2, 0.25) is 0 Å². The zero-order valence-electron chi connectivity index (χ0n) is 24.1. The molecule has 0 aromatic rings. The Morgan fingerprint density at radius 1 is 0.364 bits per heavy atom. The zero-order chi connectivity index (χ0) is 23.8. The summed E-state index contributed by atoms with van der Waals surface area (Å²) in [5.74, 6) is 0. The Balaban J connectivity index is 0. The SMILES string of the molecule is CCCCCCCCCCCCCCCCCC(CCCCCCCCCC)[N+](C)(C)C.[Cl-]. The van der Waals surface area contributed by atoms with Gasteiger partial charge in [0.25, 0.3) is 0 Å². The zero-order valence-corrected chi connectivity index (χ0v) is 24.8. The molecule has 0 saturated carbocycles. The number of rotatable bonds is 26. The molecule has 1 unspecified atom stereocenters. The summed E-state index contributed by atoms with van der Waals surface area (Å²) in [4.78, 5) is 0. The second-order valence-corrected chi connectivity index (χ2v) is 11.8. The molecule has 0 bridgehead atoms. The van der Waals surface area contributed by atoms with Crippen LogP contribution in [0.15, 0.2) is 0 Å². The summed E-state index contributed by atoms with van der Waals surface area (Å²) in [5.41, 5.74) is 0. The first kappa shape index (κ1) is 35.4. The van der Waals surface area contributed by atoms with Crippen LogP contribution in [0.5, 0.6) is 0 Å². The highest BCUT2D eigenvalue weighted by Gasteiger charge is 2.22. The van der Waals surface area contributed by atoms with Gasteiger partial charge in [0.1, 0.15) is 0 Å². The standard InChI is InChI=1S/C31H66N.ClH/c1-6-8-10-12-14-16-17-18-19-20-21-22-24-26-28-30-31(32(3,4)5)29-27-25-23-15-13-11-9-7-2;/h31H,6-30H2,1-5H3;1H/q+1;/p-1. The van der Waals surface area contributed by atoms with Crippen LogP contribution in [0.4, 0.5) is 0 Å². The molecule has 0 aliphatic rings. The number of hydrogen-bond donors (Lipinski definition) is 0. The van der Waals surface area contributed by atoms with Crippen molar-refractivity contribution >= 4 is 0 Å². The number of hydrogen-bond acceptors (Lipinski definition) is 0. The molecule has 0 aromatic carbocycles. The minimum atomic E-state index is 0. The maximum atomic E-state index is 2.42. The van der Waals surface area contributed by atoms with E-state index in [1.807, 2.05) is 0 Å². The maximum Gasteiger partial charge on any atom is 0.0884 e. The normalized spacial score (nSPS) is 12.6. The Morgan fingerprint density at radius 2 is 0.576 bits per heavy atom. The van der Waals surface area contributed by atoms with E-state index in [1.165, 1.54) is 161 Å². The lowest BCUT2D eigenvalue weighted by molar-refractivity contribution is -0.896.